The van der Waals surface area contributed by atoms with Gasteiger partial charge in [-0.05, 0) is 30.3 Å². The number of hydrogen-bond acceptors (Lipinski definition) is 5. The van der Waals surface area contributed by atoms with Crippen LogP contribution in [0.4, 0.5) is 17.1 Å². The summed E-state index contributed by atoms with van der Waals surface area (Å²) >= 11 is 0. The Morgan fingerprint density at radius 2 is 2.00 bits per heavy atom. The van der Waals surface area contributed by atoms with Crippen LogP contribution < -0.4 is 15.4 Å². The Kier molecular flexibility index (Phi) is 5.02. The Bertz CT molecular complexity index is 810. The standard InChI is InChI=1S/C17H15N3O4/c1-3-11-24-13-9-7-12(8-10-13)19(2)17(21)16-14(18)5-4-6-15(16)20(22)23/h1,4-10H,11,18H2,2H3. The molecule has 0 heterocycles. The molecule has 0 aliphatic carbocycles. The van der Waals surface area contributed by atoms with Crippen molar-refractivity contribution in [1.29, 1.82) is 0 Å². The number of rotatable bonds is 5. The van der Waals surface area contributed by atoms with Gasteiger partial charge in [0, 0.05) is 18.8 Å². The molecule has 0 unspecified atom stereocenters. The number of nitrogens with zero attached hydrogens (tertiary/aromatic N) is 2. The van der Waals surface area contributed by atoms with E-state index in [-0.39, 0.29) is 23.5 Å². The third-order valence-electron chi connectivity index (χ3n) is 3.34. The van der Waals surface area contributed by atoms with Crippen LogP contribution in [0.5, 0.6) is 5.75 Å². The third kappa shape index (κ3) is 3.44. The zero-order valence-corrected chi connectivity index (χ0v) is 12.9. The van der Waals surface area contributed by atoms with E-state index >= 15 is 0 Å². The highest BCUT2D eigenvalue weighted by Gasteiger charge is 2.26. The molecule has 0 aliphatic rings. The number of nitro groups is 1. The van der Waals surface area contributed by atoms with E-state index in [1.807, 2.05) is 0 Å². The van der Waals surface area contributed by atoms with Crippen LogP contribution in [0.3, 0.4) is 0 Å². The lowest BCUT2D eigenvalue weighted by atomic mass is 10.1. The molecule has 7 heteroatoms. The summed E-state index contributed by atoms with van der Waals surface area (Å²) in [5, 5.41) is 11.1. The zero-order valence-electron chi connectivity index (χ0n) is 12.9. The van der Waals surface area contributed by atoms with E-state index in [1.54, 1.807) is 24.3 Å². The van der Waals surface area contributed by atoms with Crippen molar-refractivity contribution < 1.29 is 14.5 Å². The molecule has 0 saturated carbocycles. The van der Waals surface area contributed by atoms with Crippen molar-refractivity contribution in [2.45, 2.75) is 0 Å². The molecule has 0 radical (unpaired) electrons. The number of nitro benzene ring substituents is 1. The monoisotopic (exact) mass is 325 g/mol. The van der Waals surface area contributed by atoms with Gasteiger partial charge in [0.15, 0.2) is 0 Å². The highest BCUT2D eigenvalue weighted by Crippen LogP contribution is 2.28. The van der Waals surface area contributed by atoms with Crippen LogP contribution in [0.15, 0.2) is 42.5 Å². The van der Waals surface area contributed by atoms with E-state index in [0.717, 1.165) is 0 Å². The van der Waals surface area contributed by atoms with Crippen LogP contribution in [-0.4, -0.2) is 24.5 Å². The molecule has 2 aromatic rings. The molecule has 0 atom stereocenters. The maximum atomic E-state index is 12.6. The fourth-order valence-electron chi connectivity index (χ4n) is 2.12. The molecule has 122 valence electrons. The molecule has 24 heavy (non-hydrogen) atoms. The number of amides is 1. The fraction of sp³-hybridized carbons (Fsp3) is 0.118. The molecule has 7 nitrogen and oxygen atoms in total. The van der Waals surface area contributed by atoms with Gasteiger partial charge in [-0.1, -0.05) is 12.0 Å². The Morgan fingerprint density at radius 3 is 2.58 bits per heavy atom. The lowest BCUT2D eigenvalue weighted by Crippen LogP contribution is -2.27. The molecular formula is C17H15N3O4. The van der Waals surface area contributed by atoms with Crippen molar-refractivity contribution in [2.24, 2.45) is 0 Å². The second-order valence-corrected chi connectivity index (χ2v) is 4.85. The molecule has 2 aromatic carbocycles. The summed E-state index contributed by atoms with van der Waals surface area (Å²) in [6.45, 7) is 0.140. The molecule has 0 fully saturated rings. The summed E-state index contributed by atoms with van der Waals surface area (Å²) in [6.07, 6.45) is 5.12. The number of hydrogen-bond donors (Lipinski definition) is 1. The summed E-state index contributed by atoms with van der Waals surface area (Å²) < 4.78 is 5.26. The smallest absolute Gasteiger partial charge is 0.284 e. The van der Waals surface area contributed by atoms with Crippen molar-refractivity contribution in [3.05, 3.63) is 58.1 Å². The Morgan fingerprint density at radius 1 is 1.33 bits per heavy atom. The lowest BCUT2D eigenvalue weighted by Gasteiger charge is -2.18. The van der Waals surface area contributed by atoms with Crippen LogP contribution in [0.25, 0.3) is 0 Å². The first kappa shape index (κ1) is 16.8. The number of carbonyl (C=O) groups excluding carboxylic acids is 1. The molecule has 0 bridgehead atoms. The summed E-state index contributed by atoms with van der Waals surface area (Å²) in [4.78, 5) is 24.4. The minimum Gasteiger partial charge on any atom is -0.481 e. The molecule has 0 aliphatic heterocycles. The van der Waals surface area contributed by atoms with E-state index in [0.29, 0.717) is 11.4 Å². The van der Waals surface area contributed by atoms with Crippen molar-refractivity contribution in [2.75, 3.05) is 24.3 Å². The molecular weight excluding hydrogens is 310 g/mol. The first-order valence-corrected chi connectivity index (χ1v) is 6.93. The fourth-order valence-corrected chi connectivity index (χ4v) is 2.12. The van der Waals surface area contributed by atoms with Gasteiger partial charge in [0.25, 0.3) is 11.6 Å². The number of carbonyl (C=O) groups is 1. The number of anilines is 2. The Hall–Kier alpha value is -3.53. The zero-order chi connectivity index (χ0) is 17.7. The number of benzene rings is 2. The second-order valence-electron chi connectivity index (χ2n) is 4.85. The quantitative estimate of drug-likeness (QED) is 0.394. The summed E-state index contributed by atoms with van der Waals surface area (Å²) in [5.74, 6) is 2.34. The van der Waals surface area contributed by atoms with E-state index in [9.17, 15) is 14.9 Å². The van der Waals surface area contributed by atoms with Crippen LogP contribution in [-0.2, 0) is 0 Å². The summed E-state index contributed by atoms with van der Waals surface area (Å²) in [6, 6.07) is 10.7. The lowest BCUT2D eigenvalue weighted by molar-refractivity contribution is -0.385. The third-order valence-corrected chi connectivity index (χ3v) is 3.34. The maximum Gasteiger partial charge on any atom is 0.284 e. The van der Waals surface area contributed by atoms with Crippen LogP contribution >= 0.6 is 0 Å². The van der Waals surface area contributed by atoms with Crippen LogP contribution in [0.1, 0.15) is 10.4 Å². The highest BCUT2D eigenvalue weighted by molar-refractivity contribution is 6.11. The van der Waals surface area contributed by atoms with E-state index in [4.69, 9.17) is 16.9 Å². The topological polar surface area (TPSA) is 98.7 Å². The Labute approximate surface area is 138 Å². The minimum absolute atomic E-state index is 0.0509. The summed E-state index contributed by atoms with van der Waals surface area (Å²) in [5.41, 5.74) is 5.87. The number of nitrogen functional groups attached to an aromatic ring is 1. The molecule has 2 rings (SSSR count). The predicted molar refractivity (Wildman–Crippen MR) is 91.0 cm³/mol. The SMILES string of the molecule is C#CCOc1ccc(N(C)C(=O)c2c(N)cccc2[N+](=O)[O-])cc1. The average Bonchev–Trinajstić information content (AvgIpc) is 2.58. The first-order valence-electron chi connectivity index (χ1n) is 6.93. The van der Waals surface area contributed by atoms with Gasteiger partial charge in [-0.15, -0.1) is 6.42 Å². The number of ether oxygens (including phenoxy) is 1. The molecule has 0 saturated heterocycles. The van der Waals surface area contributed by atoms with Crippen molar-refractivity contribution >= 4 is 23.0 Å². The van der Waals surface area contributed by atoms with Gasteiger partial charge in [-0.2, -0.15) is 0 Å². The number of terminal acetylenes is 1. The highest BCUT2D eigenvalue weighted by atomic mass is 16.6. The largest absolute Gasteiger partial charge is 0.481 e. The van der Waals surface area contributed by atoms with Crippen LogP contribution in [0, 0.1) is 22.5 Å². The minimum atomic E-state index is -0.631. The van der Waals surface area contributed by atoms with Crippen LogP contribution in [0.2, 0.25) is 0 Å². The van der Waals surface area contributed by atoms with Gasteiger partial charge in [-0.3, -0.25) is 14.9 Å². The van der Waals surface area contributed by atoms with Crippen molar-refractivity contribution in [3.63, 3.8) is 0 Å². The normalized spacial score (nSPS) is 9.83. The molecule has 0 aromatic heterocycles. The van der Waals surface area contributed by atoms with Gasteiger partial charge in [0.05, 0.1) is 10.6 Å². The van der Waals surface area contributed by atoms with Gasteiger partial charge >= 0.3 is 0 Å². The maximum absolute atomic E-state index is 12.6. The van der Waals surface area contributed by atoms with E-state index < -0.39 is 10.8 Å². The second kappa shape index (κ2) is 7.15. The van der Waals surface area contributed by atoms with E-state index in [1.165, 1.54) is 30.1 Å². The summed E-state index contributed by atoms with van der Waals surface area (Å²) in [7, 11) is 1.51. The molecule has 2 N–H and O–H groups in total. The van der Waals surface area contributed by atoms with Gasteiger partial charge in [-0.25, -0.2) is 0 Å². The van der Waals surface area contributed by atoms with Gasteiger partial charge in [0.1, 0.15) is 17.9 Å². The Balaban J connectivity index is 2.30. The van der Waals surface area contributed by atoms with E-state index in [2.05, 4.69) is 5.92 Å². The van der Waals surface area contributed by atoms with Crippen molar-refractivity contribution in [3.8, 4) is 18.1 Å². The van der Waals surface area contributed by atoms with Gasteiger partial charge < -0.3 is 15.4 Å². The first-order chi connectivity index (χ1) is 11.5. The van der Waals surface area contributed by atoms with Crippen molar-refractivity contribution in [1.82, 2.24) is 0 Å². The molecule has 0 spiro atoms. The van der Waals surface area contributed by atoms with Gasteiger partial charge in [0.2, 0.25) is 0 Å². The molecule has 1 amide bonds. The number of nitrogens with two attached hydrogens (primary N) is 1. The predicted octanol–water partition coefficient (Wildman–Crippen LogP) is 2.47. The average molecular weight is 325 g/mol.